The summed E-state index contributed by atoms with van der Waals surface area (Å²) in [6, 6.07) is 2.53. The normalized spacial score (nSPS) is 16.4. The van der Waals surface area contributed by atoms with Crippen molar-refractivity contribution in [1.29, 1.82) is 0 Å². The Morgan fingerprint density at radius 2 is 2.06 bits per heavy atom. The first-order valence-electron chi connectivity index (χ1n) is 5.49. The van der Waals surface area contributed by atoms with E-state index >= 15 is 0 Å². The van der Waals surface area contributed by atoms with Crippen LogP contribution in [0.15, 0.2) is 16.6 Å². The van der Waals surface area contributed by atoms with E-state index < -0.39 is 11.6 Å². The maximum Gasteiger partial charge on any atom is 0.222 e. The third-order valence-corrected chi connectivity index (χ3v) is 3.52. The predicted octanol–water partition coefficient (Wildman–Crippen LogP) is 3.24. The second-order valence-corrected chi connectivity index (χ2v) is 4.95. The minimum atomic E-state index is -0.622. The number of rotatable bonds is 2. The zero-order valence-electron chi connectivity index (χ0n) is 9.18. The molecule has 17 heavy (non-hydrogen) atoms. The number of halogens is 3. The molecule has 1 fully saturated rings. The molecule has 1 heterocycles. The van der Waals surface area contributed by atoms with Gasteiger partial charge in [0.15, 0.2) is 0 Å². The molecule has 0 bridgehead atoms. The zero-order valence-corrected chi connectivity index (χ0v) is 10.8. The van der Waals surface area contributed by atoms with E-state index in [4.69, 9.17) is 0 Å². The molecule has 0 unspecified atom stereocenters. The summed E-state index contributed by atoms with van der Waals surface area (Å²) in [4.78, 5) is 13.1. The smallest absolute Gasteiger partial charge is 0.222 e. The van der Waals surface area contributed by atoms with Crippen LogP contribution in [-0.2, 0) is 11.3 Å². The highest BCUT2D eigenvalue weighted by Gasteiger charge is 2.22. The number of amides is 1. The molecule has 1 aliphatic heterocycles. The molecule has 0 aliphatic carbocycles. The molecule has 1 aromatic carbocycles. The standard InChI is InChI=1S/C12H12BrF2NO/c13-9-4-5-10(14)8(12(9)15)7-16-6-2-1-3-11(16)17/h4-5H,1-3,6-7H2. The Morgan fingerprint density at radius 3 is 2.76 bits per heavy atom. The third kappa shape index (κ3) is 2.65. The van der Waals surface area contributed by atoms with Crippen LogP contribution in [0.1, 0.15) is 24.8 Å². The minimum absolute atomic E-state index is 0.00986. The SMILES string of the molecule is O=C1CCCCN1Cc1c(F)ccc(Br)c1F. The van der Waals surface area contributed by atoms with E-state index in [-0.39, 0.29) is 22.5 Å². The van der Waals surface area contributed by atoms with Crippen molar-refractivity contribution in [2.24, 2.45) is 0 Å². The molecule has 1 saturated heterocycles. The highest BCUT2D eigenvalue weighted by Crippen LogP contribution is 2.24. The topological polar surface area (TPSA) is 20.3 Å². The van der Waals surface area contributed by atoms with Crippen molar-refractivity contribution >= 4 is 21.8 Å². The molecule has 1 aromatic rings. The van der Waals surface area contributed by atoms with Crippen molar-refractivity contribution in [2.75, 3.05) is 6.54 Å². The van der Waals surface area contributed by atoms with Gasteiger partial charge in [0.05, 0.1) is 11.0 Å². The molecule has 0 spiro atoms. The number of piperidine rings is 1. The lowest BCUT2D eigenvalue weighted by Gasteiger charge is -2.27. The van der Waals surface area contributed by atoms with E-state index in [0.717, 1.165) is 12.8 Å². The average molecular weight is 304 g/mol. The van der Waals surface area contributed by atoms with Gasteiger partial charge in [0.25, 0.3) is 0 Å². The Bertz CT molecular complexity index is 450. The molecule has 5 heteroatoms. The molecule has 2 nitrogen and oxygen atoms in total. The number of likely N-dealkylation sites (tertiary alicyclic amines) is 1. The van der Waals surface area contributed by atoms with Crippen molar-refractivity contribution in [2.45, 2.75) is 25.8 Å². The summed E-state index contributed by atoms with van der Waals surface area (Å²) in [5.41, 5.74) is -0.0466. The van der Waals surface area contributed by atoms with Crippen molar-refractivity contribution in [3.05, 3.63) is 33.8 Å². The molecule has 0 saturated carbocycles. The quantitative estimate of drug-likeness (QED) is 0.768. The Morgan fingerprint density at radius 1 is 1.29 bits per heavy atom. The van der Waals surface area contributed by atoms with Gasteiger partial charge in [0, 0.05) is 18.5 Å². The van der Waals surface area contributed by atoms with Gasteiger partial charge < -0.3 is 4.90 Å². The number of carbonyl (C=O) groups is 1. The largest absolute Gasteiger partial charge is 0.338 e. The van der Waals surface area contributed by atoms with Gasteiger partial charge in [0.2, 0.25) is 5.91 Å². The van der Waals surface area contributed by atoms with Crippen LogP contribution in [0, 0.1) is 11.6 Å². The van der Waals surface area contributed by atoms with Crippen molar-refractivity contribution in [3.63, 3.8) is 0 Å². The van der Waals surface area contributed by atoms with Gasteiger partial charge in [0.1, 0.15) is 11.6 Å². The van der Waals surface area contributed by atoms with E-state index in [1.54, 1.807) is 0 Å². The Balaban J connectivity index is 2.23. The molecule has 0 atom stereocenters. The summed E-state index contributed by atoms with van der Waals surface area (Å²) in [6.45, 7) is 0.583. The molecule has 0 aromatic heterocycles. The second-order valence-electron chi connectivity index (χ2n) is 4.09. The molecule has 0 N–H and O–H groups in total. The Labute approximate surface area is 107 Å². The van der Waals surface area contributed by atoms with Crippen LogP contribution >= 0.6 is 15.9 Å². The van der Waals surface area contributed by atoms with E-state index in [0.29, 0.717) is 13.0 Å². The lowest BCUT2D eigenvalue weighted by atomic mass is 10.1. The van der Waals surface area contributed by atoms with Crippen LogP contribution < -0.4 is 0 Å². The lowest BCUT2D eigenvalue weighted by molar-refractivity contribution is -0.133. The van der Waals surface area contributed by atoms with Crippen LogP contribution in [0.4, 0.5) is 8.78 Å². The Hall–Kier alpha value is -0.970. The second kappa shape index (κ2) is 5.12. The van der Waals surface area contributed by atoms with Gasteiger partial charge in [-0.05, 0) is 40.9 Å². The average Bonchev–Trinajstić information content (AvgIpc) is 2.32. The zero-order chi connectivity index (χ0) is 12.4. The van der Waals surface area contributed by atoms with Crippen molar-refractivity contribution in [3.8, 4) is 0 Å². The summed E-state index contributed by atoms with van der Waals surface area (Å²) in [5.74, 6) is -1.26. The van der Waals surface area contributed by atoms with Gasteiger partial charge in [-0.15, -0.1) is 0 Å². The minimum Gasteiger partial charge on any atom is -0.338 e. The highest BCUT2D eigenvalue weighted by atomic mass is 79.9. The lowest BCUT2D eigenvalue weighted by Crippen LogP contribution is -2.35. The molecule has 1 aliphatic rings. The molecule has 2 rings (SSSR count). The monoisotopic (exact) mass is 303 g/mol. The summed E-state index contributed by atoms with van der Waals surface area (Å²) < 4.78 is 27.5. The molecule has 0 radical (unpaired) electrons. The first kappa shape index (κ1) is 12.5. The highest BCUT2D eigenvalue weighted by molar-refractivity contribution is 9.10. The van der Waals surface area contributed by atoms with Gasteiger partial charge in [-0.1, -0.05) is 0 Å². The first-order chi connectivity index (χ1) is 8.09. The van der Waals surface area contributed by atoms with Crippen LogP contribution in [0.25, 0.3) is 0 Å². The molecular formula is C12H12BrF2NO. The van der Waals surface area contributed by atoms with E-state index in [2.05, 4.69) is 15.9 Å². The summed E-state index contributed by atoms with van der Waals surface area (Å²) in [6.07, 6.45) is 2.22. The van der Waals surface area contributed by atoms with E-state index in [1.807, 2.05) is 0 Å². The van der Waals surface area contributed by atoms with Crippen LogP contribution in [-0.4, -0.2) is 17.4 Å². The van der Waals surface area contributed by atoms with Gasteiger partial charge in [-0.3, -0.25) is 4.79 Å². The maximum absolute atomic E-state index is 13.7. The van der Waals surface area contributed by atoms with Gasteiger partial charge >= 0.3 is 0 Å². The van der Waals surface area contributed by atoms with Crippen molar-refractivity contribution in [1.82, 2.24) is 4.90 Å². The number of benzene rings is 1. The fourth-order valence-electron chi connectivity index (χ4n) is 1.93. The summed E-state index contributed by atoms with van der Waals surface area (Å²) in [5, 5.41) is 0. The summed E-state index contributed by atoms with van der Waals surface area (Å²) in [7, 11) is 0. The predicted molar refractivity (Wildman–Crippen MR) is 63.3 cm³/mol. The van der Waals surface area contributed by atoms with Crippen molar-refractivity contribution < 1.29 is 13.6 Å². The number of nitrogens with zero attached hydrogens (tertiary/aromatic N) is 1. The molecular weight excluding hydrogens is 292 g/mol. The third-order valence-electron chi connectivity index (χ3n) is 2.91. The maximum atomic E-state index is 13.7. The van der Waals surface area contributed by atoms with Crippen LogP contribution in [0.2, 0.25) is 0 Å². The number of carbonyl (C=O) groups excluding carboxylic acids is 1. The fourth-order valence-corrected chi connectivity index (χ4v) is 2.31. The molecule has 92 valence electrons. The number of hydrogen-bond acceptors (Lipinski definition) is 1. The van der Waals surface area contributed by atoms with Gasteiger partial charge in [-0.2, -0.15) is 0 Å². The molecule has 1 amide bonds. The van der Waals surface area contributed by atoms with E-state index in [9.17, 15) is 13.6 Å². The van der Waals surface area contributed by atoms with Gasteiger partial charge in [-0.25, -0.2) is 8.78 Å². The van der Waals surface area contributed by atoms with E-state index in [1.165, 1.54) is 17.0 Å². The Kier molecular flexibility index (Phi) is 3.76. The van der Waals surface area contributed by atoms with Crippen LogP contribution in [0.3, 0.4) is 0 Å². The van der Waals surface area contributed by atoms with Crippen LogP contribution in [0.5, 0.6) is 0 Å². The fraction of sp³-hybridized carbons (Fsp3) is 0.417. The number of hydrogen-bond donors (Lipinski definition) is 0. The first-order valence-corrected chi connectivity index (χ1v) is 6.29. The summed E-state index contributed by atoms with van der Waals surface area (Å²) >= 11 is 3.02.